The minimum absolute atomic E-state index is 0.0402. The highest BCUT2D eigenvalue weighted by atomic mass is 35.5. The van der Waals surface area contributed by atoms with Crippen molar-refractivity contribution in [2.45, 2.75) is 37.4 Å². The summed E-state index contributed by atoms with van der Waals surface area (Å²) in [5.74, 6) is 0.408. The number of rotatable bonds is 11. The van der Waals surface area contributed by atoms with E-state index in [1.165, 1.54) is 17.6 Å². The smallest absolute Gasteiger partial charge is 0.266 e. The van der Waals surface area contributed by atoms with E-state index >= 15 is 0 Å². The summed E-state index contributed by atoms with van der Waals surface area (Å²) in [6.07, 6.45) is 1.21. The summed E-state index contributed by atoms with van der Waals surface area (Å²) >= 11 is 7.48. The summed E-state index contributed by atoms with van der Waals surface area (Å²) in [7, 11) is -3.83. The van der Waals surface area contributed by atoms with Crippen LogP contribution in [0.15, 0.2) is 39.3 Å². The van der Waals surface area contributed by atoms with E-state index in [1.54, 1.807) is 24.3 Å². The molecule has 13 heteroatoms. The van der Waals surface area contributed by atoms with Crippen LogP contribution in [0.2, 0.25) is 5.02 Å². The number of piperazine rings is 1. The van der Waals surface area contributed by atoms with Crippen LogP contribution in [0.4, 0.5) is 0 Å². The molecule has 206 valence electrons. The van der Waals surface area contributed by atoms with Gasteiger partial charge in [-0.15, -0.1) is 11.3 Å². The van der Waals surface area contributed by atoms with Crippen molar-refractivity contribution >= 4 is 49.1 Å². The summed E-state index contributed by atoms with van der Waals surface area (Å²) in [5, 5.41) is 3.34. The zero-order valence-electron chi connectivity index (χ0n) is 21.6. The van der Waals surface area contributed by atoms with Crippen LogP contribution in [-0.4, -0.2) is 79.5 Å². The molecule has 38 heavy (non-hydrogen) atoms. The van der Waals surface area contributed by atoms with Crippen LogP contribution in [-0.2, 0) is 21.4 Å². The molecule has 0 spiro atoms. The van der Waals surface area contributed by atoms with E-state index in [-0.39, 0.29) is 27.6 Å². The Morgan fingerprint density at radius 1 is 1.11 bits per heavy atom. The van der Waals surface area contributed by atoms with Gasteiger partial charge in [-0.05, 0) is 37.6 Å². The van der Waals surface area contributed by atoms with Gasteiger partial charge in [-0.1, -0.05) is 30.7 Å². The first-order chi connectivity index (χ1) is 18.2. The number of halogens is 1. The van der Waals surface area contributed by atoms with Crippen LogP contribution in [0, 0.1) is 0 Å². The average molecular weight is 581 g/mol. The number of aromatic nitrogens is 2. The lowest BCUT2D eigenvalue weighted by Gasteiger charge is -2.34. The molecule has 2 N–H and O–H groups in total. The number of amides is 1. The number of sulfonamides is 1. The lowest BCUT2D eigenvalue weighted by Crippen LogP contribution is -2.46. The summed E-state index contributed by atoms with van der Waals surface area (Å²) in [6.45, 7) is 9.31. The maximum absolute atomic E-state index is 13.8. The summed E-state index contributed by atoms with van der Waals surface area (Å²) < 4.78 is 30.1. The van der Waals surface area contributed by atoms with E-state index in [4.69, 9.17) is 16.6 Å². The zero-order valence-corrected chi connectivity index (χ0v) is 24.0. The number of unbranched alkanes of at least 4 members (excludes halogenated alkanes) is 1. The highest BCUT2D eigenvalue weighted by Gasteiger charge is 2.24. The van der Waals surface area contributed by atoms with E-state index < -0.39 is 10.0 Å². The number of likely N-dealkylation sites (N-methyl/N-ethyl adjacent to an activating group) is 1. The molecule has 3 heterocycles. The Kier molecular flexibility index (Phi) is 9.55. The second-order valence-electron chi connectivity index (χ2n) is 9.20. The largest absolute Gasteiger partial charge is 0.356 e. The highest BCUT2D eigenvalue weighted by Crippen LogP contribution is 2.28. The van der Waals surface area contributed by atoms with Crippen molar-refractivity contribution in [3.63, 3.8) is 0 Å². The van der Waals surface area contributed by atoms with Gasteiger partial charge in [-0.2, -0.15) is 0 Å². The molecule has 10 nitrogen and oxygen atoms in total. The summed E-state index contributed by atoms with van der Waals surface area (Å²) in [6, 6.07) is 8.48. The van der Waals surface area contributed by atoms with Gasteiger partial charge in [0.2, 0.25) is 15.9 Å². The topological polar surface area (TPSA) is 117 Å². The molecule has 1 saturated heterocycles. The SMILES string of the molecule is CCN1CCN(Cc2nc3sc(S(=O)(=O)NCCCCNC(C)=O)cc3c(=O)n2-c2ccccc2Cl)CC1. The molecule has 0 aliphatic carbocycles. The standard InChI is InChI=1S/C25H33ClN6O4S2/c1-3-30-12-14-31(15-13-30)17-22-29-24-19(25(34)32(22)21-9-5-4-8-20(21)26)16-23(37-24)38(35,36)28-11-7-6-10-27-18(2)33/h4-5,8-9,16,28H,3,6-7,10-15,17H2,1-2H3,(H,27,33). The number of carbonyl (C=O) groups is 1. The van der Waals surface area contributed by atoms with Crippen molar-refractivity contribution in [1.29, 1.82) is 0 Å². The van der Waals surface area contributed by atoms with Crippen molar-refractivity contribution in [2.24, 2.45) is 0 Å². The van der Waals surface area contributed by atoms with Gasteiger partial charge in [-0.3, -0.25) is 19.1 Å². The molecule has 4 rings (SSSR count). The predicted molar refractivity (Wildman–Crippen MR) is 151 cm³/mol. The molecule has 1 aliphatic heterocycles. The van der Waals surface area contributed by atoms with Gasteiger partial charge >= 0.3 is 0 Å². The highest BCUT2D eigenvalue weighted by molar-refractivity contribution is 7.91. The lowest BCUT2D eigenvalue weighted by atomic mass is 10.2. The van der Waals surface area contributed by atoms with Gasteiger partial charge in [0, 0.05) is 46.2 Å². The molecule has 3 aromatic rings. The molecule has 0 unspecified atom stereocenters. The number of hydrogen-bond acceptors (Lipinski definition) is 8. The average Bonchev–Trinajstić information content (AvgIpc) is 3.33. The van der Waals surface area contributed by atoms with Gasteiger partial charge in [0.05, 0.1) is 22.6 Å². The van der Waals surface area contributed by atoms with Crippen molar-refractivity contribution in [2.75, 3.05) is 45.8 Å². The number of thiophene rings is 1. The van der Waals surface area contributed by atoms with Crippen molar-refractivity contribution < 1.29 is 13.2 Å². The van der Waals surface area contributed by atoms with Crippen molar-refractivity contribution in [3.05, 3.63) is 51.5 Å². The fourth-order valence-corrected chi connectivity index (χ4v) is 7.05. The minimum atomic E-state index is -3.83. The first-order valence-electron chi connectivity index (χ1n) is 12.7. The number of nitrogens with one attached hydrogen (secondary N) is 2. The van der Waals surface area contributed by atoms with Crippen LogP contribution in [0.5, 0.6) is 0 Å². The number of para-hydroxylation sites is 1. The minimum Gasteiger partial charge on any atom is -0.356 e. The third-order valence-corrected chi connectivity index (χ3v) is 9.80. The zero-order chi connectivity index (χ0) is 27.3. The quantitative estimate of drug-likeness (QED) is 0.335. The maximum Gasteiger partial charge on any atom is 0.266 e. The Morgan fingerprint density at radius 2 is 1.79 bits per heavy atom. The molecular weight excluding hydrogens is 548 g/mol. The number of carbonyl (C=O) groups excluding carboxylic acids is 1. The van der Waals surface area contributed by atoms with E-state index in [2.05, 4.69) is 26.8 Å². The normalized spacial score (nSPS) is 15.2. The second kappa shape index (κ2) is 12.7. The second-order valence-corrected chi connectivity index (χ2v) is 12.6. The monoisotopic (exact) mass is 580 g/mol. The molecule has 0 radical (unpaired) electrons. The van der Waals surface area contributed by atoms with E-state index in [9.17, 15) is 18.0 Å². The summed E-state index contributed by atoms with van der Waals surface area (Å²) in [4.78, 5) is 34.5. The molecule has 1 aromatic carbocycles. The molecule has 0 atom stereocenters. The van der Waals surface area contributed by atoms with Crippen LogP contribution in [0.3, 0.4) is 0 Å². The maximum atomic E-state index is 13.8. The van der Waals surface area contributed by atoms with Gasteiger partial charge in [0.15, 0.2) is 0 Å². The number of nitrogens with zero attached hydrogens (tertiary/aromatic N) is 4. The molecule has 0 bridgehead atoms. The predicted octanol–water partition coefficient (Wildman–Crippen LogP) is 2.43. The van der Waals surface area contributed by atoms with E-state index in [1.807, 2.05) is 0 Å². The van der Waals surface area contributed by atoms with Gasteiger partial charge in [0.1, 0.15) is 14.9 Å². The van der Waals surface area contributed by atoms with Crippen LogP contribution in [0.25, 0.3) is 15.9 Å². The number of benzene rings is 1. The first-order valence-corrected chi connectivity index (χ1v) is 15.4. The van der Waals surface area contributed by atoms with Crippen LogP contribution in [0.1, 0.15) is 32.5 Å². The molecule has 1 aliphatic rings. The Hall–Kier alpha value is -2.35. The van der Waals surface area contributed by atoms with Gasteiger partial charge in [-0.25, -0.2) is 18.1 Å². The third-order valence-electron chi connectivity index (χ3n) is 6.52. The summed E-state index contributed by atoms with van der Waals surface area (Å²) in [5.41, 5.74) is 0.168. The van der Waals surface area contributed by atoms with E-state index in [0.29, 0.717) is 47.3 Å². The third kappa shape index (κ3) is 6.80. The fraction of sp³-hybridized carbons (Fsp3) is 0.480. The Labute approximate surface area is 231 Å². The fourth-order valence-electron chi connectivity index (χ4n) is 4.38. The number of fused-ring (bicyclic) bond motifs is 1. The molecule has 1 fully saturated rings. The lowest BCUT2D eigenvalue weighted by molar-refractivity contribution is -0.118. The van der Waals surface area contributed by atoms with Crippen molar-refractivity contribution in [3.8, 4) is 5.69 Å². The molecular formula is C25H33ClN6O4S2. The molecule has 2 aromatic heterocycles. The Morgan fingerprint density at radius 3 is 2.47 bits per heavy atom. The molecule has 1 amide bonds. The Balaban J connectivity index is 1.63. The Bertz CT molecular complexity index is 1450. The molecule has 0 saturated carbocycles. The number of hydrogen-bond donors (Lipinski definition) is 2. The van der Waals surface area contributed by atoms with Crippen LogP contribution >= 0.6 is 22.9 Å². The first kappa shape index (κ1) is 28.7. The van der Waals surface area contributed by atoms with Gasteiger partial charge < -0.3 is 10.2 Å². The van der Waals surface area contributed by atoms with Crippen molar-refractivity contribution in [1.82, 2.24) is 29.4 Å². The van der Waals surface area contributed by atoms with Crippen LogP contribution < -0.4 is 15.6 Å². The van der Waals surface area contributed by atoms with E-state index in [0.717, 1.165) is 44.1 Å². The van der Waals surface area contributed by atoms with Gasteiger partial charge in [0.25, 0.3) is 5.56 Å².